The monoisotopic (exact) mass is 622 g/mol. The van der Waals surface area contributed by atoms with E-state index in [4.69, 9.17) is 23.7 Å². The Kier molecular flexibility index (Phi) is 11.1. The lowest BCUT2D eigenvalue weighted by atomic mass is 9.97. The van der Waals surface area contributed by atoms with Gasteiger partial charge in [-0.3, -0.25) is 0 Å². The zero-order valence-corrected chi connectivity index (χ0v) is 25.5. The summed E-state index contributed by atoms with van der Waals surface area (Å²) < 4.78 is 27.2. The Labute approximate surface area is 265 Å². The number of carbonyl (C=O) groups is 5. The molecule has 0 spiro atoms. The van der Waals surface area contributed by atoms with E-state index in [9.17, 15) is 24.0 Å². The number of ether oxygens (including phenoxy) is 5. The molecule has 0 fully saturated rings. The van der Waals surface area contributed by atoms with Gasteiger partial charge >= 0.3 is 29.8 Å². The van der Waals surface area contributed by atoms with Gasteiger partial charge in [0.05, 0.1) is 0 Å². The summed E-state index contributed by atoms with van der Waals surface area (Å²) in [4.78, 5) is 61.4. The Morgan fingerprint density at radius 3 is 1.24 bits per heavy atom. The summed E-state index contributed by atoms with van der Waals surface area (Å²) >= 11 is 0. The van der Waals surface area contributed by atoms with Crippen molar-refractivity contribution in [2.75, 3.05) is 0 Å². The quantitative estimate of drug-likeness (QED) is 0.123. The number of hydrogen-bond donors (Lipinski definition) is 0. The molecule has 10 heteroatoms. The van der Waals surface area contributed by atoms with Crippen molar-refractivity contribution < 1.29 is 47.7 Å². The van der Waals surface area contributed by atoms with E-state index in [2.05, 4.69) is 32.9 Å². The molecule has 234 valence electrons. The minimum absolute atomic E-state index is 0.00768. The maximum Gasteiger partial charge on any atom is 0.338 e. The van der Waals surface area contributed by atoms with E-state index in [0.29, 0.717) is 16.7 Å². The van der Waals surface area contributed by atoms with Crippen LogP contribution in [0.2, 0.25) is 0 Å². The molecule has 0 aliphatic carbocycles. The average molecular weight is 623 g/mol. The molecule has 0 saturated carbocycles. The van der Waals surface area contributed by atoms with E-state index in [1.807, 2.05) is 0 Å². The van der Waals surface area contributed by atoms with Crippen LogP contribution < -0.4 is 23.7 Å². The molecule has 0 aliphatic heterocycles. The standard InChI is InChI=1S/C36H30O10/c1-9-32(37)42-24-12-15-26(30(18-24)45-35(40)21(5)6)23-11-14-27(29(17-23)44-34(39)20(3)4)28-16-13-25(43-33(38)10-2)19-31(28)46-36(41)22(7)8/h9-19H,1-3,5,7H2,4,6,8H3. The van der Waals surface area contributed by atoms with Gasteiger partial charge in [0.25, 0.3) is 0 Å². The molecule has 46 heavy (non-hydrogen) atoms. The summed E-state index contributed by atoms with van der Waals surface area (Å²) in [5, 5.41) is 0. The molecule has 0 amide bonds. The van der Waals surface area contributed by atoms with Crippen LogP contribution in [0.3, 0.4) is 0 Å². The summed E-state index contributed by atoms with van der Waals surface area (Å²) in [6.45, 7) is 22.0. The highest BCUT2D eigenvalue weighted by Crippen LogP contribution is 2.43. The highest BCUT2D eigenvalue weighted by molar-refractivity contribution is 5.94. The van der Waals surface area contributed by atoms with E-state index in [-0.39, 0.29) is 51.0 Å². The van der Waals surface area contributed by atoms with Crippen molar-refractivity contribution in [3.05, 3.63) is 116 Å². The van der Waals surface area contributed by atoms with Crippen LogP contribution in [0.4, 0.5) is 0 Å². The number of benzene rings is 3. The second-order valence-electron chi connectivity index (χ2n) is 9.79. The average Bonchev–Trinajstić information content (AvgIpc) is 3.01. The Bertz CT molecular complexity index is 1830. The molecule has 0 aromatic heterocycles. The van der Waals surface area contributed by atoms with Crippen LogP contribution >= 0.6 is 0 Å². The van der Waals surface area contributed by atoms with Crippen molar-refractivity contribution in [1.29, 1.82) is 0 Å². The third-order valence-electron chi connectivity index (χ3n) is 5.91. The van der Waals surface area contributed by atoms with Crippen molar-refractivity contribution >= 4 is 29.8 Å². The van der Waals surface area contributed by atoms with Gasteiger partial charge in [-0.2, -0.15) is 0 Å². The minimum Gasteiger partial charge on any atom is -0.423 e. The fraction of sp³-hybridized carbons (Fsp3) is 0.0833. The molecule has 0 heterocycles. The Balaban J connectivity index is 2.26. The van der Waals surface area contributed by atoms with E-state index in [1.165, 1.54) is 63.2 Å². The molecule has 0 atom stereocenters. The molecule has 0 saturated heterocycles. The van der Waals surface area contributed by atoms with Gasteiger partial charge < -0.3 is 23.7 Å². The zero-order valence-electron chi connectivity index (χ0n) is 25.5. The van der Waals surface area contributed by atoms with Gasteiger partial charge in [-0.15, -0.1) is 0 Å². The van der Waals surface area contributed by atoms with Gasteiger partial charge in [0.1, 0.15) is 28.7 Å². The van der Waals surface area contributed by atoms with Gasteiger partial charge in [0.15, 0.2) is 0 Å². The molecule has 0 N–H and O–H groups in total. The third-order valence-corrected chi connectivity index (χ3v) is 5.91. The first-order valence-corrected chi connectivity index (χ1v) is 13.5. The first-order chi connectivity index (χ1) is 21.7. The van der Waals surface area contributed by atoms with Crippen LogP contribution in [0.15, 0.2) is 116 Å². The van der Waals surface area contributed by atoms with Crippen molar-refractivity contribution in [2.24, 2.45) is 0 Å². The second kappa shape index (κ2) is 14.9. The van der Waals surface area contributed by atoms with Crippen LogP contribution in [0.25, 0.3) is 22.3 Å². The fourth-order valence-corrected chi connectivity index (χ4v) is 3.64. The predicted octanol–water partition coefficient (Wildman–Crippen LogP) is 6.65. The van der Waals surface area contributed by atoms with Crippen LogP contribution in [0.1, 0.15) is 20.8 Å². The first kappa shape index (κ1) is 34.2. The van der Waals surface area contributed by atoms with Crippen LogP contribution in [0, 0.1) is 0 Å². The SMILES string of the molecule is C=CC(=O)Oc1ccc(-c2ccc(-c3ccc(OC(=O)C=C)cc3OC(=O)C(=C)C)c(OC(=O)C(=C)C)c2)c(OC(=O)C(=C)C)c1. The van der Waals surface area contributed by atoms with E-state index < -0.39 is 29.8 Å². The van der Waals surface area contributed by atoms with Gasteiger partial charge in [-0.1, -0.05) is 39.0 Å². The number of esters is 5. The van der Waals surface area contributed by atoms with Crippen LogP contribution in [-0.4, -0.2) is 29.8 Å². The summed E-state index contributed by atoms with van der Waals surface area (Å²) in [5.74, 6) is -3.60. The maximum absolute atomic E-state index is 12.7. The highest BCUT2D eigenvalue weighted by atomic mass is 16.6. The molecule has 3 aromatic carbocycles. The van der Waals surface area contributed by atoms with Gasteiger partial charge in [0.2, 0.25) is 0 Å². The Morgan fingerprint density at radius 1 is 0.500 bits per heavy atom. The summed E-state index contributed by atoms with van der Waals surface area (Å²) in [6, 6.07) is 13.3. The van der Waals surface area contributed by atoms with E-state index in [1.54, 1.807) is 12.1 Å². The molecule has 0 bridgehead atoms. The number of rotatable bonds is 12. The van der Waals surface area contributed by atoms with Crippen molar-refractivity contribution in [1.82, 2.24) is 0 Å². The van der Waals surface area contributed by atoms with Crippen molar-refractivity contribution in [3.63, 3.8) is 0 Å². The zero-order chi connectivity index (χ0) is 34.1. The Hall–Kier alpha value is -6.29. The summed E-state index contributed by atoms with van der Waals surface area (Å²) in [5.41, 5.74) is 1.66. The molecule has 0 unspecified atom stereocenters. The second-order valence-corrected chi connectivity index (χ2v) is 9.79. The van der Waals surface area contributed by atoms with Gasteiger partial charge in [0, 0.05) is 57.7 Å². The lowest BCUT2D eigenvalue weighted by molar-refractivity contribution is -0.131. The van der Waals surface area contributed by atoms with Crippen LogP contribution in [-0.2, 0) is 24.0 Å². The van der Waals surface area contributed by atoms with E-state index >= 15 is 0 Å². The lowest BCUT2D eigenvalue weighted by Crippen LogP contribution is -2.11. The van der Waals surface area contributed by atoms with Gasteiger partial charge in [-0.05, 0) is 62.7 Å². The molecule has 0 radical (unpaired) electrons. The predicted molar refractivity (Wildman–Crippen MR) is 170 cm³/mol. The van der Waals surface area contributed by atoms with Crippen molar-refractivity contribution in [3.8, 4) is 51.0 Å². The largest absolute Gasteiger partial charge is 0.423 e. The molecular formula is C36H30O10. The molecule has 0 aliphatic rings. The van der Waals surface area contributed by atoms with Crippen LogP contribution in [0.5, 0.6) is 28.7 Å². The Morgan fingerprint density at radius 2 is 0.848 bits per heavy atom. The summed E-state index contributed by atoms with van der Waals surface area (Å²) in [7, 11) is 0. The highest BCUT2D eigenvalue weighted by Gasteiger charge is 2.21. The lowest BCUT2D eigenvalue weighted by Gasteiger charge is -2.17. The topological polar surface area (TPSA) is 132 Å². The fourth-order valence-electron chi connectivity index (χ4n) is 3.64. The minimum atomic E-state index is -0.758. The normalized spacial score (nSPS) is 10.1. The first-order valence-electron chi connectivity index (χ1n) is 13.5. The van der Waals surface area contributed by atoms with Gasteiger partial charge in [-0.25, -0.2) is 24.0 Å². The smallest absolute Gasteiger partial charge is 0.338 e. The molecule has 10 nitrogen and oxygen atoms in total. The maximum atomic E-state index is 12.7. The van der Waals surface area contributed by atoms with E-state index in [0.717, 1.165) is 12.2 Å². The molecule has 3 aromatic rings. The van der Waals surface area contributed by atoms with Crippen molar-refractivity contribution in [2.45, 2.75) is 20.8 Å². The molecule has 3 rings (SSSR count). The number of hydrogen-bond acceptors (Lipinski definition) is 10. The summed E-state index contributed by atoms with van der Waals surface area (Å²) in [6.07, 6.45) is 1.95. The molecular weight excluding hydrogens is 592 g/mol. The third kappa shape index (κ3) is 8.64. The number of carbonyl (C=O) groups excluding carboxylic acids is 5.